The molecule has 0 aliphatic carbocycles. The first kappa shape index (κ1) is 14.0. The van der Waals surface area contributed by atoms with E-state index < -0.39 is 0 Å². The number of benzene rings is 1. The smallest absolute Gasteiger partial charge is 0.140 e. The molecule has 102 valence electrons. The molecule has 0 amide bonds. The fourth-order valence-electron chi connectivity index (χ4n) is 1.75. The molecule has 0 aliphatic heterocycles. The van der Waals surface area contributed by atoms with Crippen molar-refractivity contribution in [2.75, 3.05) is 0 Å². The Hall–Kier alpha value is -1.46. The van der Waals surface area contributed by atoms with E-state index in [0.29, 0.717) is 12.4 Å². The normalized spacial score (nSPS) is 12.5. The highest BCUT2D eigenvalue weighted by Crippen LogP contribution is 2.26. The summed E-state index contributed by atoms with van der Waals surface area (Å²) in [7, 11) is 0. The van der Waals surface area contributed by atoms with Gasteiger partial charge in [0.2, 0.25) is 0 Å². The molecule has 2 N–H and O–H groups in total. The van der Waals surface area contributed by atoms with Crippen LogP contribution in [-0.2, 0) is 6.61 Å². The van der Waals surface area contributed by atoms with Crippen molar-refractivity contribution in [1.29, 1.82) is 0 Å². The average molecular weight is 280 g/mol. The molecule has 1 aromatic carbocycles. The highest BCUT2D eigenvalue weighted by molar-refractivity contribution is 7.11. The van der Waals surface area contributed by atoms with Crippen molar-refractivity contribution in [1.82, 2.24) is 4.98 Å². The highest BCUT2D eigenvalue weighted by atomic mass is 32.1. The number of nitrogens with two attached hydrogens (primary N) is 1. The van der Waals surface area contributed by atoms with E-state index in [1.807, 2.05) is 20.8 Å². The maximum Gasteiger partial charge on any atom is 0.140 e. The van der Waals surface area contributed by atoms with Crippen molar-refractivity contribution < 1.29 is 9.13 Å². The summed E-state index contributed by atoms with van der Waals surface area (Å²) in [6.07, 6.45) is 0. The summed E-state index contributed by atoms with van der Waals surface area (Å²) in [5.41, 5.74) is 7.65. The zero-order valence-corrected chi connectivity index (χ0v) is 12.1. The summed E-state index contributed by atoms with van der Waals surface area (Å²) >= 11 is 1.59. The third-order valence-corrected chi connectivity index (χ3v) is 3.94. The van der Waals surface area contributed by atoms with Gasteiger partial charge < -0.3 is 10.5 Å². The van der Waals surface area contributed by atoms with Gasteiger partial charge in [0, 0.05) is 22.5 Å². The summed E-state index contributed by atoms with van der Waals surface area (Å²) < 4.78 is 18.9. The predicted molar refractivity (Wildman–Crippen MR) is 74.9 cm³/mol. The lowest BCUT2D eigenvalue weighted by Gasteiger charge is -2.13. The number of aryl methyl sites for hydroxylation is 2. The van der Waals surface area contributed by atoms with E-state index in [0.717, 1.165) is 16.3 Å². The van der Waals surface area contributed by atoms with Crippen molar-refractivity contribution >= 4 is 11.3 Å². The van der Waals surface area contributed by atoms with Crippen LogP contribution in [0, 0.1) is 19.7 Å². The molecule has 2 aromatic rings. The Morgan fingerprint density at radius 3 is 2.74 bits per heavy atom. The van der Waals surface area contributed by atoms with Crippen molar-refractivity contribution in [3.05, 3.63) is 45.2 Å². The topological polar surface area (TPSA) is 48.1 Å². The molecule has 2 rings (SSSR count). The van der Waals surface area contributed by atoms with Crippen LogP contribution in [-0.4, -0.2) is 4.98 Å². The maximum atomic E-state index is 13.3. The number of hydrogen-bond acceptors (Lipinski definition) is 4. The molecular formula is C14H17FN2OS. The molecule has 5 heteroatoms. The fourth-order valence-corrected chi connectivity index (χ4v) is 2.60. The maximum absolute atomic E-state index is 13.3. The van der Waals surface area contributed by atoms with Crippen LogP contribution < -0.4 is 10.5 Å². The second kappa shape index (κ2) is 5.67. The minimum atomic E-state index is -0.328. The summed E-state index contributed by atoms with van der Waals surface area (Å²) in [6.45, 7) is 6.16. The van der Waals surface area contributed by atoms with Gasteiger partial charge in [-0.05, 0) is 26.8 Å². The van der Waals surface area contributed by atoms with Gasteiger partial charge in [0.05, 0.1) is 5.69 Å². The van der Waals surface area contributed by atoms with Gasteiger partial charge in [0.25, 0.3) is 0 Å². The van der Waals surface area contributed by atoms with Crippen LogP contribution in [0.3, 0.4) is 0 Å². The van der Waals surface area contributed by atoms with Gasteiger partial charge in [-0.2, -0.15) is 0 Å². The molecule has 1 unspecified atom stereocenters. The Morgan fingerprint density at radius 2 is 2.16 bits per heavy atom. The molecule has 0 saturated carbocycles. The zero-order valence-electron chi connectivity index (χ0n) is 11.2. The highest BCUT2D eigenvalue weighted by Gasteiger charge is 2.11. The van der Waals surface area contributed by atoms with E-state index in [-0.39, 0.29) is 11.9 Å². The Kier molecular flexibility index (Phi) is 4.17. The summed E-state index contributed by atoms with van der Waals surface area (Å²) in [4.78, 5) is 5.56. The molecule has 1 heterocycles. The molecule has 0 bridgehead atoms. The standard InChI is InChI=1S/C14H17FN2OS/c1-8(16)12-5-4-11(15)6-13(12)18-7-14-17-9(2)10(3)19-14/h4-6,8H,7,16H2,1-3H3. The van der Waals surface area contributed by atoms with Crippen molar-refractivity contribution in [2.24, 2.45) is 5.73 Å². The monoisotopic (exact) mass is 280 g/mol. The SMILES string of the molecule is Cc1nc(COc2cc(F)ccc2C(C)N)sc1C. The van der Waals surface area contributed by atoms with Gasteiger partial charge in [-0.1, -0.05) is 6.07 Å². The largest absolute Gasteiger partial charge is 0.486 e. The number of rotatable bonds is 4. The average Bonchev–Trinajstić information content (AvgIpc) is 2.66. The van der Waals surface area contributed by atoms with Crippen LogP contribution in [0.5, 0.6) is 5.75 Å². The van der Waals surface area contributed by atoms with E-state index >= 15 is 0 Å². The first-order valence-electron chi connectivity index (χ1n) is 6.08. The van der Waals surface area contributed by atoms with Gasteiger partial charge in [-0.25, -0.2) is 9.37 Å². The molecule has 1 atom stereocenters. The zero-order chi connectivity index (χ0) is 14.0. The quantitative estimate of drug-likeness (QED) is 0.932. The van der Waals surface area contributed by atoms with Gasteiger partial charge in [-0.15, -0.1) is 11.3 Å². The molecule has 0 radical (unpaired) electrons. The molecule has 0 aliphatic rings. The Morgan fingerprint density at radius 1 is 1.42 bits per heavy atom. The first-order valence-corrected chi connectivity index (χ1v) is 6.89. The minimum Gasteiger partial charge on any atom is -0.486 e. The lowest BCUT2D eigenvalue weighted by molar-refractivity contribution is 0.299. The second-order valence-electron chi connectivity index (χ2n) is 4.51. The lowest BCUT2D eigenvalue weighted by atomic mass is 10.1. The molecule has 19 heavy (non-hydrogen) atoms. The van der Waals surface area contributed by atoms with Crippen LogP contribution in [0.2, 0.25) is 0 Å². The molecule has 3 nitrogen and oxygen atoms in total. The van der Waals surface area contributed by atoms with E-state index in [2.05, 4.69) is 4.98 Å². The Labute approximate surface area is 116 Å². The van der Waals surface area contributed by atoms with Crippen LogP contribution >= 0.6 is 11.3 Å². The van der Waals surface area contributed by atoms with Crippen molar-refractivity contribution in [2.45, 2.75) is 33.4 Å². The predicted octanol–water partition coefficient (Wildman–Crippen LogP) is 3.50. The fraction of sp³-hybridized carbons (Fsp3) is 0.357. The number of halogens is 1. The van der Waals surface area contributed by atoms with Crippen molar-refractivity contribution in [3.63, 3.8) is 0 Å². The number of hydrogen-bond donors (Lipinski definition) is 1. The van der Waals surface area contributed by atoms with Gasteiger partial charge in [0.15, 0.2) is 0 Å². The number of thiazole rings is 1. The summed E-state index contributed by atoms with van der Waals surface area (Å²) in [5, 5.41) is 0.884. The molecule has 0 fully saturated rings. The molecule has 0 spiro atoms. The Bertz CT molecular complexity index is 561. The van der Waals surface area contributed by atoms with Gasteiger partial charge >= 0.3 is 0 Å². The lowest BCUT2D eigenvalue weighted by Crippen LogP contribution is -2.08. The molecular weight excluding hydrogens is 263 g/mol. The van der Waals surface area contributed by atoms with Gasteiger partial charge in [-0.3, -0.25) is 0 Å². The third kappa shape index (κ3) is 3.30. The van der Waals surface area contributed by atoms with Crippen LogP contribution in [0.15, 0.2) is 18.2 Å². The van der Waals surface area contributed by atoms with Gasteiger partial charge in [0.1, 0.15) is 23.2 Å². The number of nitrogens with zero attached hydrogens (tertiary/aromatic N) is 1. The molecule has 0 saturated heterocycles. The number of aromatic nitrogens is 1. The first-order chi connectivity index (χ1) is 8.97. The van der Waals surface area contributed by atoms with E-state index in [9.17, 15) is 4.39 Å². The van der Waals surface area contributed by atoms with Crippen LogP contribution in [0.25, 0.3) is 0 Å². The van der Waals surface area contributed by atoms with E-state index in [4.69, 9.17) is 10.5 Å². The minimum absolute atomic E-state index is 0.199. The second-order valence-corrected chi connectivity index (χ2v) is 5.80. The van der Waals surface area contributed by atoms with E-state index in [1.54, 1.807) is 17.4 Å². The molecule has 1 aromatic heterocycles. The van der Waals surface area contributed by atoms with Crippen LogP contribution in [0.4, 0.5) is 4.39 Å². The van der Waals surface area contributed by atoms with Crippen molar-refractivity contribution in [3.8, 4) is 5.75 Å². The van der Waals surface area contributed by atoms with E-state index in [1.165, 1.54) is 17.0 Å². The summed E-state index contributed by atoms with van der Waals surface area (Å²) in [6, 6.07) is 4.22. The summed E-state index contributed by atoms with van der Waals surface area (Å²) in [5.74, 6) is 0.159. The Balaban J connectivity index is 2.16. The van der Waals surface area contributed by atoms with Crippen LogP contribution in [0.1, 0.15) is 34.1 Å². The number of ether oxygens (including phenoxy) is 1. The third-order valence-electron chi connectivity index (χ3n) is 2.89.